The lowest BCUT2D eigenvalue weighted by molar-refractivity contribution is 0.321. The molecule has 1 aliphatic rings. The lowest BCUT2D eigenvalue weighted by Gasteiger charge is -2.14. The van der Waals surface area contributed by atoms with Crippen LogP contribution < -0.4 is 0 Å². The molecule has 0 bridgehead atoms. The average molecular weight is 370 g/mol. The van der Waals surface area contributed by atoms with Crippen molar-refractivity contribution in [2.24, 2.45) is 0 Å². The summed E-state index contributed by atoms with van der Waals surface area (Å²) in [5, 5.41) is 4.78. The van der Waals surface area contributed by atoms with E-state index in [1.165, 1.54) is 0 Å². The third kappa shape index (κ3) is 3.39. The first-order valence-electron chi connectivity index (χ1n) is 9.66. The van der Waals surface area contributed by atoms with Gasteiger partial charge in [-0.15, -0.1) is 0 Å². The topological polar surface area (TPSA) is 59.2 Å². The summed E-state index contributed by atoms with van der Waals surface area (Å²) in [5.41, 5.74) is 5.34. The number of aromatic nitrogens is 5. The van der Waals surface area contributed by atoms with Crippen LogP contribution in [0.3, 0.4) is 0 Å². The average Bonchev–Trinajstić information content (AvgIpc) is 3.35. The van der Waals surface area contributed by atoms with Crippen LogP contribution in [0.4, 0.5) is 0 Å². The van der Waals surface area contributed by atoms with Crippen LogP contribution in [0, 0.1) is 6.92 Å². The van der Waals surface area contributed by atoms with E-state index < -0.39 is 0 Å². The van der Waals surface area contributed by atoms with Crippen molar-refractivity contribution in [2.75, 3.05) is 13.1 Å². The van der Waals surface area contributed by atoms with Crippen LogP contribution in [0.1, 0.15) is 29.6 Å². The van der Waals surface area contributed by atoms with Gasteiger partial charge in [-0.05, 0) is 61.9 Å². The number of aryl methyl sites for hydroxylation is 1. The van der Waals surface area contributed by atoms with Gasteiger partial charge in [0.2, 0.25) is 0 Å². The minimum absolute atomic E-state index is 0.370. The van der Waals surface area contributed by atoms with Gasteiger partial charge >= 0.3 is 0 Å². The van der Waals surface area contributed by atoms with Gasteiger partial charge in [-0.2, -0.15) is 5.10 Å². The number of hydrogen-bond donors (Lipinski definition) is 0. The molecule has 0 spiro atoms. The van der Waals surface area contributed by atoms with E-state index in [1.54, 1.807) is 0 Å². The van der Waals surface area contributed by atoms with Gasteiger partial charge in [-0.1, -0.05) is 6.07 Å². The molecular formula is C22H22N6. The molecular weight excluding hydrogens is 348 g/mol. The third-order valence-corrected chi connectivity index (χ3v) is 5.33. The zero-order valence-corrected chi connectivity index (χ0v) is 15.9. The van der Waals surface area contributed by atoms with E-state index >= 15 is 0 Å². The Bertz CT molecular complexity index is 1100. The maximum Gasteiger partial charge on any atom is 0.156 e. The molecule has 0 N–H and O–H groups in total. The number of hydrogen-bond acceptors (Lipinski definition) is 5. The highest BCUT2D eigenvalue weighted by Crippen LogP contribution is 2.27. The second kappa shape index (κ2) is 7.13. The molecule has 6 nitrogen and oxygen atoms in total. The Morgan fingerprint density at radius 3 is 2.75 bits per heavy atom. The number of pyridine rings is 3. The third-order valence-electron chi connectivity index (χ3n) is 5.33. The summed E-state index contributed by atoms with van der Waals surface area (Å²) in [4.78, 5) is 15.9. The first kappa shape index (κ1) is 17.0. The van der Waals surface area contributed by atoms with Crippen LogP contribution in [0.5, 0.6) is 0 Å². The first-order chi connectivity index (χ1) is 13.7. The minimum atomic E-state index is 0.370. The molecule has 140 valence electrons. The molecule has 4 aromatic rings. The highest BCUT2D eigenvalue weighted by atomic mass is 15.3. The second-order valence-corrected chi connectivity index (χ2v) is 7.42. The summed E-state index contributed by atoms with van der Waals surface area (Å²) in [7, 11) is 0. The van der Waals surface area contributed by atoms with Crippen molar-refractivity contribution in [2.45, 2.75) is 25.8 Å². The van der Waals surface area contributed by atoms with E-state index in [9.17, 15) is 0 Å². The predicted octanol–water partition coefficient (Wildman–Crippen LogP) is 3.48. The fourth-order valence-electron chi connectivity index (χ4n) is 3.89. The molecule has 1 aliphatic heterocycles. The predicted molar refractivity (Wildman–Crippen MR) is 108 cm³/mol. The molecule has 5 rings (SSSR count). The molecule has 1 atom stereocenters. The van der Waals surface area contributed by atoms with E-state index in [2.05, 4.69) is 33.1 Å². The summed E-state index contributed by atoms with van der Waals surface area (Å²) in [6, 6.07) is 14.4. The van der Waals surface area contributed by atoms with Crippen molar-refractivity contribution in [3.63, 3.8) is 0 Å². The molecule has 4 aromatic heterocycles. The van der Waals surface area contributed by atoms with Crippen molar-refractivity contribution in [3.05, 3.63) is 78.3 Å². The number of fused-ring (bicyclic) bond motifs is 1. The quantitative estimate of drug-likeness (QED) is 0.550. The van der Waals surface area contributed by atoms with Gasteiger partial charge in [-0.25, -0.2) is 9.50 Å². The van der Waals surface area contributed by atoms with Crippen LogP contribution in [-0.4, -0.2) is 42.6 Å². The van der Waals surface area contributed by atoms with Crippen LogP contribution in [-0.2, 0) is 6.54 Å². The van der Waals surface area contributed by atoms with E-state index in [1.807, 2.05) is 54.3 Å². The molecule has 1 fully saturated rings. The Morgan fingerprint density at radius 2 is 1.89 bits per heavy atom. The Kier molecular flexibility index (Phi) is 4.33. The van der Waals surface area contributed by atoms with E-state index in [4.69, 9.17) is 10.1 Å². The molecule has 0 aromatic carbocycles. The van der Waals surface area contributed by atoms with Crippen molar-refractivity contribution < 1.29 is 0 Å². The molecule has 1 saturated heterocycles. The lowest BCUT2D eigenvalue weighted by atomic mass is 10.1. The number of nitrogens with zero attached hydrogens (tertiary/aromatic N) is 6. The van der Waals surface area contributed by atoms with Gasteiger partial charge in [0, 0.05) is 48.9 Å². The van der Waals surface area contributed by atoms with Gasteiger partial charge < -0.3 is 0 Å². The van der Waals surface area contributed by atoms with Crippen molar-refractivity contribution >= 4 is 5.65 Å². The molecule has 6 heteroatoms. The SMILES string of the molecule is Cc1cccc(CN2CC[C@H](c3nc4ccc(-c5ccncc5)cn4n3)C2)n1. The van der Waals surface area contributed by atoms with Crippen molar-refractivity contribution in [1.29, 1.82) is 0 Å². The number of likely N-dealkylation sites (tertiary alicyclic amines) is 1. The maximum atomic E-state index is 4.78. The molecule has 5 heterocycles. The monoisotopic (exact) mass is 370 g/mol. The molecule has 0 saturated carbocycles. The van der Waals surface area contributed by atoms with Gasteiger partial charge in [0.15, 0.2) is 11.5 Å². The first-order valence-corrected chi connectivity index (χ1v) is 9.66. The van der Waals surface area contributed by atoms with Crippen molar-refractivity contribution in [1.82, 2.24) is 29.5 Å². The van der Waals surface area contributed by atoms with Crippen molar-refractivity contribution in [3.8, 4) is 11.1 Å². The van der Waals surface area contributed by atoms with Crippen LogP contribution in [0.2, 0.25) is 0 Å². The Balaban J connectivity index is 1.34. The standard InChI is InChI=1S/C22H22N6/c1-16-3-2-4-20(24-16)15-27-12-9-19(13-27)22-25-21-6-5-18(14-28(21)26-22)17-7-10-23-11-8-17/h2-8,10-11,14,19H,9,12-13,15H2,1H3/t19-/m0/s1. The summed E-state index contributed by atoms with van der Waals surface area (Å²) in [5.74, 6) is 1.31. The summed E-state index contributed by atoms with van der Waals surface area (Å²) >= 11 is 0. The van der Waals surface area contributed by atoms with E-state index in [0.29, 0.717) is 5.92 Å². The summed E-state index contributed by atoms with van der Waals surface area (Å²) < 4.78 is 1.90. The Labute approximate surface area is 163 Å². The smallest absolute Gasteiger partial charge is 0.156 e. The fourth-order valence-corrected chi connectivity index (χ4v) is 3.89. The lowest BCUT2D eigenvalue weighted by Crippen LogP contribution is -2.20. The minimum Gasteiger partial charge on any atom is -0.297 e. The normalized spacial score (nSPS) is 17.4. The Hall–Kier alpha value is -3.12. The summed E-state index contributed by atoms with van der Waals surface area (Å²) in [6.45, 7) is 4.96. The van der Waals surface area contributed by atoms with Crippen LogP contribution in [0.25, 0.3) is 16.8 Å². The molecule has 0 aliphatic carbocycles. The van der Waals surface area contributed by atoms with Gasteiger partial charge in [0.1, 0.15) is 0 Å². The second-order valence-electron chi connectivity index (χ2n) is 7.42. The molecule has 0 unspecified atom stereocenters. The van der Waals surface area contributed by atoms with Gasteiger partial charge in [0.25, 0.3) is 0 Å². The van der Waals surface area contributed by atoms with Gasteiger partial charge in [-0.3, -0.25) is 14.9 Å². The largest absolute Gasteiger partial charge is 0.297 e. The fraction of sp³-hybridized carbons (Fsp3) is 0.273. The molecule has 28 heavy (non-hydrogen) atoms. The molecule has 0 amide bonds. The zero-order valence-electron chi connectivity index (χ0n) is 15.9. The van der Waals surface area contributed by atoms with Crippen LogP contribution in [0.15, 0.2) is 61.1 Å². The van der Waals surface area contributed by atoms with Crippen LogP contribution >= 0.6 is 0 Å². The van der Waals surface area contributed by atoms with Gasteiger partial charge in [0.05, 0.1) is 5.69 Å². The highest BCUT2D eigenvalue weighted by molar-refractivity contribution is 5.63. The van der Waals surface area contributed by atoms with E-state index in [0.717, 1.165) is 60.0 Å². The summed E-state index contributed by atoms with van der Waals surface area (Å²) in [6.07, 6.45) is 6.75. The zero-order chi connectivity index (χ0) is 18.9. The molecule has 0 radical (unpaired) electrons. The highest BCUT2D eigenvalue weighted by Gasteiger charge is 2.27. The number of rotatable bonds is 4. The van der Waals surface area contributed by atoms with E-state index in [-0.39, 0.29) is 0 Å². The Morgan fingerprint density at radius 1 is 1.00 bits per heavy atom. The maximum absolute atomic E-state index is 4.78.